The molecule has 110 valence electrons. The van der Waals surface area contributed by atoms with E-state index in [0.29, 0.717) is 12.6 Å². The van der Waals surface area contributed by atoms with Crippen molar-refractivity contribution in [2.75, 3.05) is 39.1 Å². The maximum atomic E-state index is 11.9. The molecule has 0 radical (unpaired) electrons. The minimum absolute atomic E-state index is 0.0165. The van der Waals surface area contributed by atoms with E-state index < -0.39 is 0 Å². The van der Waals surface area contributed by atoms with Crippen molar-refractivity contribution in [1.29, 1.82) is 0 Å². The molecule has 1 fully saturated rings. The van der Waals surface area contributed by atoms with Crippen LogP contribution in [0, 0.1) is 0 Å². The number of likely N-dealkylation sites (tertiary alicyclic amines) is 1. The number of anilines is 1. The molecule has 1 aromatic rings. The highest BCUT2D eigenvalue weighted by molar-refractivity contribution is 5.92. The van der Waals surface area contributed by atoms with Crippen LogP contribution >= 0.6 is 0 Å². The minimum Gasteiger partial charge on any atom is -0.497 e. The lowest BCUT2D eigenvalue weighted by Gasteiger charge is -2.29. The summed E-state index contributed by atoms with van der Waals surface area (Å²) in [5.41, 5.74) is 0.763. The first-order valence-electron chi connectivity index (χ1n) is 7.03. The first-order chi connectivity index (χ1) is 9.67. The zero-order valence-corrected chi connectivity index (χ0v) is 12.2. The Bertz CT molecular complexity index is 442. The summed E-state index contributed by atoms with van der Waals surface area (Å²) in [5, 5.41) is 6.19. The second-order valence-corrected chi connectivity index (χ2v) is 5.24. The maximum Gasteiger partial charge on any atom is 0.238 e. The van der Waals surface area contributed by atoms with Gasteiger partial charge in [-0.25, -0.2) is 0 Å². The number of benzene rings is 1. The first-order valence-corrected chi connectivity index (χ1v) is 7.03. The Morgan fingerprint density at radius 1 is 1.40 bits per heavy atom. The number of carbonyl (C=O) groups excluding carboxylic acids is 1. The highest BCUT2D eigenvalue weighted by Gasteiger charge is 2.16. The van der Waals surface area contributed by atoms with Crippen LogP contribution < -0.4 is 15.4 Å². The highest BCUT2D eigenvalue weighted by atomic mass is 16.5. The quantitative estimate of drug-likeness (QED) is 0.852. The largest absolute Gasteiger partial charge is 0.497 e. The van der Waals surface area contributed by atoms with Gasteiger partial charge in [-0.2, -0.15) is 0 Å². The number of carbonyl (C=O) groups is 1. The van der Waals surface area contributed by atoms with Crippen molar-refractivity contribution < 1.29 is 9.53 Å². The van der Waals surface area contributed by atoms with Crippen LogP contribution in [0.1, 0.15) is 12.8 Å². The average Bonchev–Trinajstić information content (AvgIpc) is 2.47. The molecule has 1 saturated heterocycles. The Hall–Kier alpha value is -1.59. The predicted octanol–water partition coefficient (Wildman–Crippen LogP) is 1.32. The van der Waals surface area contributed by atoms with E-state index in [1.807, 2.05) is 24.3 Å². The zero-order valence-electron chi connectivity index (χ0n) is 12.2. The number of ether oxygens (including phenoxy) is 1. The molecule has 1 heterocycles. The number of hydrogen-bond donors (Lipinski definition) is 2. The van der Waals surface area contributed by atoms with E-state index in [2.05, 4.69) is 22.6 Å². The number of hydrogen-bond acceptors (Lipinski definition) is 4. The number of piperidine rings is 1. The topological polar surface area (TPSA) is 53.6 Å². The van der Waals surface area contributed by atoms with E-state index in [1.54, 1.807) is 7.11 Å². The molecule has 5 heteroatoms. The molecule has 20 heavy (non-hydrogen) atoms. The molecule has 2 N–H and O–H groups in total. The number of methoxy groups -OCH3 is 1. The molecule has 0 aromatic heterocycles. The number of rotatable bonds is 5. The summed E-state index contributed by atoms with van der Waals surface area (Å²) in [4.78, 5) is 14.2. The Labute approximate surface area is 120 Å². The molecular formula is C15H23N3O2. The summed E-state index contributed by atoms with van der Waals surface area (Å²) in [5.74, 6) is 0.725. The fourth-order valence-corrected chi connectivity index (χ4v) is 2.36. The maximum absolute atomic E-state index is 11.9. The smallest absolute Gasteiger partial charge is 0.238 e. The third-order valence-corrected chi connectivity index (χ3v) is 3.62. The molecule has 1 aromatic carbocycles. The predicted molar refractivity (Wildman–Crippen MR) is 80.1 cm³/mol. The first kappa shape index (κ1) is 14.8. The van der Waals surface area contributed by atoms with E-state index >= 15 is 0 Å². The van der Waals surface area contributed by atoms with Crippen LogP contribution in [0.25, 0.3) is 0 Å². The van der Waals surface area contributed by atoms with Gasteiger partial charge in [-0.1, -0.05) is 6.07 Å². The van der Waals surface area contributed by atoms with Crippen molar-refractivity contribution >= 4 is 11.6 Å². The van der Waals surface area contributed by atoms with Crippen LogP contribution in [0.5, 0.6) is 5.75 Å². The van der Waals surface area contributed by atoms with Crippen LogP contribution in [0.4, 0.5) is 5.69 Å². The van der Waals surface area contributed by atoms with Crippen LogP contribution in [0.2, 0.25) is 0 Å². The van der Waals surface area contributed by atoms with Crippen molar-refractivity contribution in [3.63, 3.8) is 0 Å². The summed E-state index contributed by atoms with van der Waals surface area (Å²) >= 11 is 0. The van der Waals surface area contributed by atoms with E-state index in [4.69, 9.17) is 4.74 Å². The molecule has 0 unspecified atom stereocenters. The molecule has 1 amide bonds. The fraction of sp³-hybridized carbons (Fsp3) is 0.533. The van der Waals surface area contributed by atoms with Gasteiger partial charge in [-0.3, -0.25) is 4.79 Å². The van der Waals surface area contributed by atoms with Crippen LogP contribution in [0.15, 0.2) is 24.3 Å². The van der Waals surface area contributed by atoms with Gasteiger partial charge in [0.1, 0.15) is 5.75 Å². The SMILES string of the molecule is COc1cccc(NC(=O)CNC2CCN(C)CC2)c1. The lowest BCUT2D eigenvalue weighted by molar-refractivity contribution is -0.115. The van der Waals surface area contributed by atoms with Gasteiger partial charge in [0.25, 0.3) is 0 Å². The minimum atomic E-state index is -0.0165. The highest BCUT2D eigenvalue weighted by Crippen LogP contribution is 2.16. The van der Waals surface area contributed by atoms with Crippen LogP contribution in [-0.4, -0.2) is 50.6 Å². The van der Waals surface area contributed by atoms with Crippen molar-refractivity contribution in [3.05, 3.63) is 24.3 Å². The summed E-state index contributed by atoms with van der Waals surface area (Å²) < 4.78 is 5.13. The third-order valence-electron chi connectivity index (χ3n) is 3.62. The lowest BCUT2D eigenvalue weighted by Crippen LogP contribution is -2.43. The molecule has 1 aliphatic heterocycles. The number of nitrogens with zero attached hydrogens (tertiary/aromatic N) is 1. The molecule has 0 bridgehead atoms. The summed E-state index contributed by atoms with van der Waals surface area (Å²) in [7, 11) is 3.74. The second kappa shape index (κ2) is 7.26. The normalized spacial score (nSPS) is 16.9. The Balaban J connectivity index is 1.74. The monoisotopic (exact) mass is 277 g/mol. The molecular weight excluding hydrogens is 254 g/mol. The van der Waals surface area contributed by atoms with Gasteiger partial charge in [0.2, 0.25) is 5.91 Å². The van der Waals surface area contributed by atoms with Gasteiger partial charge >= 0.3 is 0 Å². The number of nitrogens with one attached hydrogen (secondary N) is 2. The molecule has 0 saturated carbocycles. The van der Waals surface area contributed by atoms with Crippen molar-refractivity contribution in [3.8, 4) is 5.75 Å². The molecule has 0 aliphatic carbocycles. The molecule has 0 spiro atoms. The summed E-state index contributed by atoms with van der Waals surface area (Å²) in [6.45, 7) is 2.54. The van der Waals surface area contributed by atoms with Crippen molar-refractivity contribution in [2.45, 2.75) is 18.9 Å². The average molecular weight is 277 g/mol. The van der Waals surface area contributed by atoms with Gasteiger partial charge in [-0.15, -0.1) is 0 Å². The molecule has 1 aliphatic rings. The Morgan fingerprint density at radius 3 is 2.85 bits per heavy atom. The van der Waals surface area contributed by atoms with Gasteiger partial charge in [0.05, 0.1) is 13.7 Å². The lowest BCUT2D eigenvalue weighted by atomic mass is 10.1. The van der Waals surface area contributed by atoms with Gasteiger partial charge in [0, 0.05) is 17.8 Å². The van der Waals surface area contributed by atoms with Crippen molar-refractivity contribution in [2.24, 2.45) is 0 Å². The van der Waals surface area contributed by atoms with Crippen LogP contribution in [0.3, 0.4) is 0 Å². The zero-order chi connectivity index (χ0) is 14.4. The summed E-state index contributed by atoms with van der Waals surface area (Å²) in [6.07, 6.45) is 2.20. The van der Waals surface area contributed by atoms with E-state index in [0.717, 1.165) is 37.4 Å². The summed E-state index contributed by atoms with van der Waals surface area (Å²) in [6, 6.07) is 7.83. The fourth-order valence-electron chi connectivity index (χ4n) is 2.36. The molecule has 5 nitrogen and oxygen atoms in total. The second-order valence-electron chi connectivity index (χ2n) is 5.24. The number of amides is 1. The van der Waals surface area contributed by atoms with E-state index in [9.17, 15) is 4.79 Å². The standard InChI is InChI=1S/C15H23N3O2/c1-18-8-6-12(7-9-18)16-11-15(19)17-13-4-3-5-14(10-13)20-2/h3-5,10,12,16H,6-9,11H2,1-2H3,(H,17,19). The van der Waals surface area contributed by atoms with E-state index in [1.165, 1.54) is 0 Å². The third kappa shape index (κ3) is 4.51. The van der Waals surface area contributed by atoms with Gasteiger partial charge in [-0.05, 0) is 45.1 Å². The van der Waals surface area contributed by atoms with E-state index in [-0.39, 0.29) is 5.91 Å². The van der Waals surface area contributed by atoms with Crippen LogP contribution in [-0.2, 0) is 4.79 Å². The Kier molecular flexibility index (Phi) is 5.38. The molecule has 0 atom stereocenters. The van der Waals surface area contributed by atoms with Gasteiger partial charge < -0.3 is 20.3 Å². The Morgan fingerprint density at radius 2 is 2.15 bits per heavy atom. The molecule has 2 rings (SSSR count). The van der Waals surface area contributed by atoms with Gasteiger partial charge in [0.15, 0.2) is 0 Å². The van der Waals surface area contributed by atoms with Crippen molar-refractivity contribution in [1.82, 2.24) is 10.2 Å².